The van der Waals surface area contributed by atoms with Crippen molar-refractivity contribution in [2.45, 2.75) is 6.92 Å². The van der Waals surface area contributed by atoms with Crippen LogP contribution in [0.5, 0.6) is 5.75 Å². The summed E-state index contributed by atoms with van der Waals surface area (Å²) in [6, 6.07) is 4.50. The van der Waals surface area contributed by atoms with Gasteiger partial charge >= 0.3 is 11.9 Å². The van der Waals surface area contributed by atoms with E-state index in [4.69, 9.17) is 14.9 Å². The van der Waals surface area contributed by atoms with Crippen LogP contribution in [-0.2, 0) is 4.79 Å². The maximum absolute atomic E-state index is 10.8. The summed E-state index contributed by atoms with van der Waals surface area (Å²) >= 11 is 0. The van der Waals surface area contributed by atoms with Gasteiger partial charge in [-0.1, -0.05) is 6.07 Å². The summed E-state index contributed by atoms with van der Waals surface area (Å²) in [5.74, 6) is -2.21. The van der Waals surface area contributed by atoms with Gasteiger partial charge in [0, 0.05) is 0 Å². The fourth-order valence-electron chi connectivity index (χ4n) is 1.07. The summed E-state index contributed by atoms with van der Waals surface area (Å²) in [5.41, 5.74) is 0.766. The van der Waals surface area contributed by atoms with E-state index in [9.17, 15) is 9.59 Å². The highest BCUT2D eigenvalue weighted by atomic mass is 16.5. The molecule has 0 amide bonds. The molecule has 0 aromatic heterocycles. The molecular weight excluding hydrogens is 200 g/mol. The van der Waals surface area contributed by atoms with Crippen LogP contribution in [0.25, 0.3) is 0 Å². The topological polar surface area (TPSA) is 83.8 Å². The Morgan fingerprint density at radius 1 is 1.33 bits per heavy atom. The first-order valence-corrected chi connectivity index (χ1v) is 4.19. The molecule has 0 radical (unpaired) electrons. The maximum atomic E-state index is 10.8. The van der Waals surface area contributed by atoms with Crippen LogP contribution >= 0.6 is 0 Å². The van der Waals surface area contributed by atoms with Gasteiger partial charge in [0.2, 0.25) is 0 Å². The third-order valence-electron chi connectivity index (χ3n) is 1.72. The van der Waals surface area contributed by atoms with Gasteiger partial charge in [-0.15, -0.1) is 0 Å². The molecule has 0 spiro atoms. The first-order chi connectivity index (χ1) is 7.00. The summed E-state index contributed by atoms with van der Waals surface area (Å²) in [4.78, 5) is 21.0. The Morgan fingerprint density at radius 3 is 2.53 bits per heavy atom. The molecule has 0 atom stereocenters. The Bertz CT molecular complexity index is 397. The number of aromatic carboxylic acids is 1. The van der Waals surface area contributed by atoms with Crippen molar-refractivity contribution in [1.82, 2.24) is 0 Å². The van der Waals surface area contributed by atoms with Gasteiger partial charge in [0.25, 0.3) is 0 Å². The fraction of sp³-hybridized carbons (Fsp3) is 0.200. The van der Waals surface area contributed by atoms with Gasteiger partial charge in [-0.05, 0) is 24.6 Å². The minimum Gasteiger partial charge on any atom is -0.481 e. The van der Waals surface area contributed by atoms with E-state index in [1.54, 1.807) is 13.0 Å². The van der Waals surface area contributed by atoms with E-state index >= 15 is 0 Å². The van der Waals surface area contributed by atoms with Gasteiger partial charge in [0.15, 0.2) is 6.61 Å². The molecule has 0 aliphatic carbocycles. The molecule has 0 aliphatic rings. The minimum absolute atomic E-state index is 0.0400. The van der Waals surface area contributed by atoms with Crippen LogP contribution in [0.1, 0.15) is 15.9 Å². The van der Waals surface area contributed by atoms with Crippen molar-refractivity contribution in [2.75, 3.05) is 6.61 Å². The van der Waals surface area contributed by atoms with Crippen molar-refractivity contribution in [3.63, 3.8) is 0 Å². The lowest BCUT2D eigenvalue weighted by Crippen LogP contribution is -2.12. The predicted octanol–water partition coefficient (Wildman–Crippen LogP) is 1.16. The number of carbonyl (C=O) groups is 2. The normalized spacial score (nSPS) is 9.67. The molecule has 0 aliphatic heterocycles. The van der Waals surface area contributed by atoms with Gasteiger partial charge in [-0.25, -0.2) is 9.59 Å². The van der Waals surface area contributed by atoms with E-state index in [0.29, 0.717) is 0 Å². The first kappa shape index (κ1) is 11.0. The highest BCUT2D eigenvalue weighted by molar-refractivity contribution is 5.91. The highest BCUT2D eigenvalue weighted by Gasteiger charge is 2.12. The summed E-state index contributed by atoms with van der Waals surface area (Å²) in [7, 11) is 0. The summed E-state index contributed by atoms with van der Waals surface area (Å²) in [6.45, 7) is 1.21. The monoisotopic (exact) mass is 210 g/mol. The maximum Gasteiger partial charge on any atom is 0.341 e. The van der Waals surface area contributed by atoms with Gasteiger partial charge in [0.1, 0.15) is 11.3 Å². The largest absolute Gasteiger partial charge is 0.481 e. The van der Waals surface area contributed by atoms with E-state index in [1.807, 2.05) is 0 Å². The summed E-state index contributed by atoms with van der Waals surface area (Å²) in [5, 5.41) is 17.2. The van der Waals surface area contributed by atoms with E-state index in [-0.39, 0.29) is 11.3 Å². The molecule has 2 N–H and O–H groups in total. The molecule has 0 fully saturated rings. The van der Waals surface area contributed by atoms with Crippen molar-refractivity contribution in [3.05, 3.63) is 29.3 Å². The number of aryl methyl sites for hydroxylation is 1. The molecule has 1 rings (SSSR count). The Kier molecular flexibility index (Phi) is 3.28. The van der Waals surface area contributed by atoms with Crippen LogP contribution in [0, 0.1) is 6.92 Å². The number of hydrogen-bond donors (Lipinski definition) is 2. The fourth-order valence-corrected chi connectivity index (χ4v) is 1.07. The standard InChI is InChI=1S/C10H10O5/c1-6-2-3-7(10(13)14)8(4-6)15-5-9(11)12/h2-4H,5H2,1H3,(H,11,12)(H,13,14). The van der Waals surface area contributed by atoms with Gasteiger partial charge in [-0.3, -0.25) is 0 Å². The molecule has 15 heavy (non-hydrogen) atoms. The first-order valence-electron chi connectivity index (χ1n) is 4.19. The third-order valence-corrected chi connectivity index (χ3v) is 1.72. The minimum atomic E-state index is -1.15. The number of carboxylic acids is 2. The van der Waals surface area contributed by atoms with Gasteiger partial charge in [0.05, 0.1) is 0 Å². The SMILES string of the molecule is Cc1ccc(C(=O)O)c(OCC(=O)O)c1. The molecule has 0 saturated heterocycles. The van der Waals surface area contributed by atoms with Crippen LogP contribution in [-0.4, -0.2) is 28.8 Å². The Morgan fingerprint density at radius 2 is 2.00 bits per heavy atom. The Balaban J connectivity index is 2.96. The van der Waals surface area contributed by atoms with Crippen LogP contribution in [0.3, 0.4) is 0 Å². The number of aliphatic carboxylic acids is 1. The average molecular weight is 210 g/mol. The molecule has 5 heteroatoms. The molecule has 1 aromatic carbocycles. The number of benzene rings is 1. The average Bonchev–Trinajstić information content (AvgIpc) is 2.14. The smallest absolute Gasteiger partial charge is 0.341 e. The van der Waals surface area contributed by atoms with Crippen molar-refractivity contribution < 1.29 is 24.5 Å². The second kappa shape index (κ2) is 4.45. The van der Waals surface area contributed by atoms with Gasteiger partial charge in [-0.2, -0.15) is 0 Å². The van der Waals surface area contributed by atoms with E-state index < -0.39 is 18.5 Å². The highest BCUT2D eigenvalue weighted by Crippen LogP contribution is 2.20. The Labute approximate surface area is 85.9 Å². The molecule has 0 heterocycles. The zero-order chi connectivity index (χ0) is 11.4. The lowest BCUT2D eigenvalue weighted by molar-refractivity contribution is -0.139. The molecule has 80 valence electrons. The summed E-state index contributed by atoms with van der Waals surface area (Å²) in [6.07, 6.45) is 0. The van der Waals surface area contributed by atoms with E-state index in [0.717, 1.165) is 5.56 Å². The number of carboxylic acid groups (broad SMARTS) is 2. The zero-order valence-electron chi connectivity index (χ0n) is 8.06. The van der Waals surface area contributed by atoms with Crippen LogP contribution in [0.4, 0.5) is 0 Å². The lowest BCUT2D eigenvalue weighted by atomic mass is 10.1. The van der Waals surface area contributed by atoms with E-state index in [1.165, 1.54) is 12.1 Å². The second-order valence-electron chi connectivity index (χ2n) is 2.99. The molecule has 1 aromatic rings. The van der Waals surface area contributed by atoms with E-state index in [2.05, 4.69) is 0 Å². The number of hydrogen-bond acceptors (Lipinski definition) is 3. The zero-order valence-corrected chi connectivity index (χ0v) is 8.06. The lowest BCUT2D eigenvalue weighted by Gasteiger charge is -2.07. The van der Waals surface area contributed by atoms with Crippen molar-refractivity contribution in [3.8, 4) is 5.75 Å². The molecule has 5 nitrogen and oxygen atoms in total. The van der Waals surface area contributed by atoms with Crippen molar-refractivity contribution >= 4 is 11.9 Å². The van der Waals surface area contributed by atoms with Crippen LogP contribution in [0.2, 0.25) is 0 Å². The molecule has 0 bridgehead atoms. The number of rotatable bonds is 4. The van der Waals surface area contributed by atoms with Crippen LogP contribution < -0.4 is 4.74 Å². The predicted molar refractivity (Wildman–Crippen MR) is 51.3 cm³/mol. The van der Waals surface area contributed by atoms with Crippen molar-refractivity contribution in [1.29, 1.82) is 0 Å². The van der Waals surface area contributed by atoms with Crippen molar-refractivity contribution in [2.24, 2.45) is 0 Å². The third kappa shape index (κ3) is 2.98. The Hall–Kier alpha value is -2.04. The second-order valence-corrected chi connectivity index (χ2v) is 2.99. The quantitative estimate of drug-likeness (QED) is 0.778. The molecular formula is C10H10O5. The molecule has 0 saturated carbocycles. The molecule has 0 unspecified atom stereocenters. The number of ether oxygens (including phenoxy) is 1. The van der Waals surface area contributed by atoms with Gasteiger partial charge < -0.3 is 14.9 Å². The summed E-state index contributed by atoms with van der Waals surface area (Å²) < 4.78 is 4.86. The van der Waals surface area contributed by atoms with Crippen LogP contribution in [0.15, 0.2) is 18.2 Å².